The Labute approximate surface area is 211 Å². The second-order valence-corrected chi connectivity index (χ2v) is 16.3. The first kappa shape index (κ1) is 25.2. The van der Waals surface area contributed by atoms with Crippen LogP contribution in [0.2, 0.25) is 5.04 Å². The fourth-order valence-corrected chi connectivity index (χ4v) is 9.89. The van der Waals surface area contributed by atoms with Crippen molar-refractivity contribution in [3.8, 4) is 0 Å². The van der Waals surface area contributed by atoms with Gasteiger partial charge in [-0.3, -0.25) is 0 Å². The van der Waals surface area contributed by atoms with Crippen LogP contribution in [0.25, 0.3) is 0 Å². The molecule has 4 heteroatoms. The minimum absolute atomic E-state index is 0.0200. The van der Waals surface area contributed by atoms with E-state index in [4.69, 9.17) is 4.43 Å². The quantitative estimate of drug-likeness (QED) is 0.255. The zero-order chi connectivity index (χ0) is 23.2. The van der Waals surface area contributed by atoms with E-state index in [0.717, 1.165) is 9.81 Å². The molecule has 0 aromatic heterocycles. The topological polar surface area (TPSA) is 9.23 Å². The van der Waals surface area contributed by atoms with Crippen LogP contribution in [0.3, 0.4) is 0 Å². The molecule has 0 radical (unpaired) electrons. The molecule has 0 N–H and O–H groups in total. The standard InChI is InChI=1S/C28H32Br2OSi/c1-22(24(21-27(29)30)20-23-14-8-5-9-15-23)31-32(28(2,3)4,25-16-10-6-11-17-25)26-18-12-7-13-19-26/h5-19,21-22,24H,20H2,1-4H3/t22-,24-/m1/s1. The van der Waals surface area contributed by atoms with Gasteiger partial charge in [-0.2, -0.15) is 0 Å². The van der Waals surface area contributed by atoms with E-state index in [9.17, 15) is 0 Å². The lowest BCUT2D eigenvalue weighted by Gasteiger charge is -2.45. The first-order valence-electron chi connectivity index (χ1n) is 11.1. The molecule has 0 aliphatic heterocycles. The molecule has 0 heterocycles. The Hall–Kier alpha value is -1.46. The van der Waals surface area contributed by atoms with Crippen molar-refractivity contribution >= 4 is 50.6 Å². The van der Waals surface area contributed by atoms with Crippen LogP contribution in [0.15, 0.2) is 100 Å². The molecule has 3 aromatic rings. The predicted octanol–water partition coefficient (Wildman–Crippen LogP) is 7.44. The van der Waals surface area contributed by atoms with Gasteiger partial charge in [0.2, 0.25) is 0 Å². The summed E-state index contributed by atoms with van der Waals surface area (Å²) in [4.78, 5) is 0. The van der Waals surface area contributed by atoms with Crippen molar-refractivity contribution in [1.82, 2.24) is 0 Å². The van der Waals surface area contributed by atoms with Gasteiger partial charge in [-0.1, -0.05) is 118 Å². The SMILES string of the molecule is C[C@@H](O[Si](c1ccccc1)(c1ccccc1)C(C)(C)C)[C@@H](C=C(Br)Br)Cc1ccccc1. The van der Waals surface area contributed by atoms with Gasteiger partial charge >= 0.3 is 0 Å². The van der Waals surface area contributed by atoms with Crippen LogP contribution in [-0.2, 0) is 10.8 Å². The molecule has 0 aliphatic rings. The van der Waals surface area contributed by atoms with Crippen molar-refractivity contribution in [3.05, 3.63) is 106 Å². The normalized spacial score (nSPS) is 13.9. The molecule has 1 nitrogen and oxygen atoms in total. The zero-order valence-corrected chi connectivity index (χ0v) is 23.4. The van der Waals surface area contributed by atoms with E-state index in [1.807, 2.05) is 0 Å². The number of halogens is 2. The highest BCUT2D eigenvalue weighted by atomic mass is 79.9. The molecule has 32 heavy (non-hydrogen) atoms. The Morgan fingerprint density at radius 3 is 1.66 bits per heavy atom. The molecule has 2 atom stereocenters. The molecule has 0 unspecified atom stereocenters. The van der Waals surface area contributed by atoms with Crippen molar-refractivity contribution in [2.75, 3.05) is 0 Å². The molecule has 0 aliphatic carbocycles. The molecule has 0 saturated carbocycles. The van der Waals surface area contributed by atoms with Gasteiger partial charge in [-0.25, -0.2) is 0 Å². The van der Waals surface area contributed by atoms with E-state index in [1.54, 1.807) is 0 Å². The fourth-order valence-electron chi connectivity index (χ4n) is 4.47. The molecule has 0 fully saturated rings. The van der Waals surface area contributed by atoms with Gasteiger partial charge in [0, 0.05) is 12.0 Å². The van der Waals surface area contributed by atoms with Crippen molar-refractivity contribution in [2.45, 2.75) is 45.3 Å². The maximum absolute atomic E-state index is 7.36. The Bertz CT molecular complexity index is 954. The van der Waals surface area contributed by atoms with Crippen molar-refractivity contribution < 1.29 is 4.43 Å². The molecular formula is C28H32Br2OSi. The van der Waals surface area contributed by atoms with Gasteiger partial charge in [-0.15, -0.1) is 0 Å². The Kier molecular flexibility index (Phi) is 8.73. The predicted molar refractivity (Wildman–Crippen MR) is 148 cm³/mol. The molecule has 0 spiro atoms. The number of hydrogen-bond donors (Lipinski definition) is 0. The van der Waals surface area contributed by atoms with E-state index in [1.165, 1.54) is 15.9 Å². The monoisotopic (exact) mass is 570 g/mol. The molecule has 3 rings (SSSR count). The largest absolute Gasteiger partial charge is 0.404 e. The van der Waals surface area contributed by atoms with Gasteiger partial charge in [0.15, 0.2) is 0 Å². The summed E-state index contributed by atoms with van der Waals surface area (Å²) in [6.45, 7) is 9.21. The maximum atomic E-state index is 7.36. The van der Waals surface area contributed by atoms with Crippen molar-refractivity contribution in [2.24, 2.45) is 5.92 Å². The summed E-state index contributed by atoms with van der Waals surface area (Å²) in [6.07, 6.45) is 3.17. The number of hydrogen-bond acceptors (Lipinski definition) is 1. The highest BCUT2D eigenvalue weighted by Crippen LogP contribution is 2.39. The highest BCUT2D eigenvalue weighted by molar-refractivity contribution is 9.28. The summed E-state index contributed by atoms with van der Waals surface area (Å²) in [5, 5.41) is 2.58. The lowest BCUT2D eigenvalue weighted by atomic mass is 9.95. The minimum atomic E-state index is -2.60. The van der Waals surface area contributed by atoms with Crippen LogP contribution in [0.4, 0.5) is 0 Å². The smallest absolute Gasteiger partial charge is 0.261 e. The van der Waals surface area contributed by atoms with Crippen LogP contribution in [0.1, 0.15) is 33.3 Å². The summed E-state index contributed by atoms with van der Waals surface area (Å²) in [5.41, 5.74) is 1.31. The lowest BCUT2D eigenvalue weighted by Crippen LogP contribution is -2.68. The van der Waals surface area contributed by atoms with Crippen LogP contribution in [0.5, 0.6) is 0 Å². The van der Waals surface area contributed by atoms with Crippen LogP contribution < -0.4 is 10.4 Å². The Morgan fingerprint density at radius 2 is 1.25 bits per heavy atom. The van der Waals surface area contributed by atoms with Gasteiger partial charge in [0.25, 0.3) is 8.32 Å². The maximum Gasteiger partial charge on any atom is 0.261 e. The van der Waals surface area contributed by atoms with Gasteiger partial charge < -0.3 is 4.43 Å². The van der Waals surface area contributed by atoms with E-state index in [-0.39, 0.29) is 17.1 Å². The number of benzene rings is 3. The van der Waals surface area contributed by atoms with Gasteiger partial charge in [-0.05, 0) is 66.2 Å². The zero-order valence-electron chi connectivity index (χ0n) is 19.3. The third kappa shape index (κ3) is 5.90. The van der Waals surface area contributed by atoms with E-state index >= 15 is 0 Å². The van der Waals surface area contributed by atoms with E-state index < -0.39 is 8.32 Å². The second-order valence-electron chi connectivity index (χ2n) is 9.30. The average Bonchev–Trinajstić information content (AvgIpc) is 2.77. The molecule has 3 aromatic carbocycles. The minimum Gasteiger partial charge on any atom is -0.404 e. The van der Waals surface area contributed by atoms with Gasteiger partial charge in [0.05, 0.1) is 3.39 Å². The van der Waals surface area contributed by atoms with Crippen LogP contribution in [-0.4, -0.2) is 14.4 Å². The first-order chi connectivity index (χ1) is 15.2. The van der Waals surface area contributed by atoms with Crippen molar-refractivity contribution in [1.29, 1.82) is 0 Å². The molecule has 0 bridgehead atoms. The van der Waals surface area contributed by atoms with E-state index in [2.05, 4.69) is 157 Å². The first-order valence-corrected chi connectivity index (χ1v) is 14.6. The van der Waals surface area contributed by atoms with Crippen molar-refractivity contribution in [3.63, 3.8) is 0 Å². The number of rotatable bonds is 8. The third-order valence-electron chi connectivity index (χ3n) is 6.04. The molecule has 0 saturated heterocycles. The molecular weight excluding hydrogens is 540 g/mol. The molecule has 0 amide bonds. The van der Waals surface area contributed by atoms with Crippen LogP contribution in [0, 0.1) is 5.92 Å². The third-order valence-corrected chi connectivity index (χ3v) is 11.7. The lowest BCUT2D eigenvalue weighted by molar-refractivity contribution is 0.162. The summed E-state index contributed by atoms with van der Waals surface area (Å²) >= 11 is 7.20. The Morgan fingerprint density at radius 1 is 0.812 bits per heavy atom. The summed E-state index contributed by atoms with van der Waals surface area (Å²) in [6, 6.07) is 32.4. The second kappa shape index (κ2) is 11.1. The molecule has 168 valence electrons. The van der Waals surface area contributed by atoms with E-state index in [0.29, 0.717) is 0 Å². The summed E-state index contributed by atoms with van der Waals surface area (Å²) < 4.78 is 8.32. The van der Waals surface area contributed by atoms with Crippen LogP contribution >= 0.6 is 31.9 Å². The Balaban J connectivity index is 2.09. The summed E-state index contributed by atoms with van der Waals surface area (Å²) in [7, 11) is -2.60. The van der Waals surface area contributed by atoms with Gasteiger partial charge in [0.1, 0.15) is 0 Å². The summed E-state index contributed by atoms with van der Waals surface area (Å²) in [5.74, 6) is 0.216. The average molecular weight is 572 g/mol. The highest BCUT2D eigenvalue weighted by Gasteiger charge is 2.51. The fraction of sp³-hybridized carbons (Fsp3) is 0.286.